The first-order chi connectivity index (χ1) is 13.5. The van der Waals surface area contributed by atoms with Gasteiger partial charge in [0.2, 0.25) is 0 Å². The summed E-state index contributed by atoms with van der Waals surface area (Å²) < 4.78 is 5.15. The number of carbonyl (C=O) groups is 1. The molecule has 1 aromatic heterocycles. The first-order valence-electron chi connectivity index (χ1n) is 9.01. The lowest BCUT2D eigenvalue weighted by Gasteiger charge is -2.07. The highest BCUT2D eigenvalue weighted by Crippen LogP contribution is 2.19. The smallest absolute Gasteiger partial charge is 0.338 e. The molecule has 0 amide bonds. The van der Waals surface area contributed by atoms with Gasteiger partial charge in [0.05, 0.1) is 16.6 Å². The lowest BCUT2D eigenvalue weighted by Crippen LogP contribution is -2.09. The molecule has 0 aliphatic heterocycles. The largest absolute Gasteiger partial charge is 0.507 e. The number of para-hydroxylation sites is 2. The minimum Gasteiger partial charge on any atom is -0.507 e. The Labute approximate surface area is 163 Å². The second-order valence-corrected chi connectivity index (χ2v) is 6.91. The number of aliphatic hydroxyl groups is 1. The summed E-state index contributed by atoms with van der Waals surface area (Å²) in [5.41, 5.74) is 2.90. The van der Waals surface area contributed by atoms with Crippen molar-refractivity contribution in [3.8, 4) is 6.07 Å². The van der Waals surface area contributed by atoms with E-state index < -0.39 is 12.6 Å². The molecule has 0 radical (unpaired) electrons. The average molecular weight is 375 g/mol. The summed E-state index contributed by atoms with van der Waals surface area (Å²) in [7, 11) is 0. The van der Waals surface area contributed by atoms with Crippen molar-refractivity contribution in [3.05, 3.63) is 71.2 Å². The Morgan fingerprint density at radius 2 is 1.93 bits per heavy atom. The number of ether oxygens (including phenoxy) is 1. The molecule has 2 N–H and O–H groups in total. The minimum atomic E-state index is -0.565. The maximum atomic E-state index is 12.2. The van der Waals surface area contributed by atoms with Crippen LogP contribution in [0.15, 0.2) is 54.3 Å². The number of carbonyl (C=O) groups excluding carboxylic acids is 1. The molecule has 0 bridgehead atoms. The number of aliphatic hydroxyl groups excluding tert-OH is 1. The van der Waals surface area contributed by atoms with Crippen LogP contribution in [0, 0.1) is 17.2 Å². The molecule has 3 aromatic rings. The van der Waals surface area contributed by atoms with Gasteiger partial charge in [0.25, 0.3) is 0 Å². The quantitative estimate of drug-likeness (QED) is 0.378. The second kappa shape index (κ2) is 8.40. The standard InChI is InChI=1S/C22H21N3O3/c1-14(2)11-15-7-9-16(10-8-15)22(27)28-13-20(26)17(12-23)21-24-18-5-3-4-6-19(18)25-21/h3-10,14,26H,11,13H2,1-2H3,(H,24,25)/b20-17-. The van der Waals surface area contributed by atoms with Gasteiger partial charge in [-0.1, -0.05) is 38.1 Å². The van der Waals surface area contributed by atoms with Gasteiger partial charge in [0.1, 0.15) is 18.2 Å². The number of aromatic amines is 1. The van der Waals surface area contributed by atoms with Crippen molar-refractivity contribution in [1.82, 2.24) is 9.97 Å². The van der Waals surface area contributed by atoms with Crippen molar-refractivity contribution in [2.24, 2.45) is 5.92 Å². The lowest BCUT2D eigenvalue weighted by molar-refractivity contribution is 0.0503. The Bertz CT molecular complexity index is 1020. The Kier molecular flexibility index (Phi) is 5.75. The van der Waals surface area contributed by atoms with Gasteiger partial charge in [0, 0.05) is 0 Å². The summed E-state index contributed by atoms with van der Waals surface area (Å²) in [5.74, 6) is -0.159. The van der Waals surface area contributed by atoms with Crippen molar-refractivity contribution in [1.29, 1.82) is 5.26 Å². The van der Waals surface area contributed by atoms with Crippen LogP contribution in [0.1, 0.15) is 35.6 Å². The number of rotatable bonds is 6. The third kappa shape index (κ3) is 4.38. The monoisotopic (exact) mass is 375 g/mol. The fourth-order valence-electron chi connectivity index (χ4n) is 2.86. The molecule has 2 aromatic carbocycles. The van der Waals surface area contributed by atoms with E-state index in [1.807, 2.05) is 36.4 Å². The summed E-state index contributed by atoms with van der Waals surface area (Å²) in [6.45, 7) is 3.85. The number of hydrogen-bond donors (Lipinski definition) is 2. The van der Waals surface area contributed by atoms with Crippen LogP contribution in [0.25, 0.3) is 16.6 Å². The van der Waals surface area contributed by atoms with E-state index in [0.717, 1.165) is 17.5 Å². The Hall–Kier alpha value is -3.59. The number of nitriles is 1. The summed E-state index contributed by atoms with van der Waals surface area (Å²) in [6.07, 6.45) is 0.932. The Balaban J connectivity index is 1.71. The van der Waals surface area contributed by atoms with Crippen LogP contribution in [0.4, 0.5) is 0 Å². The number of aromatic nitrogens is 2. The van der Waals surface area contributed by atoms with Crippen LogP contribution in [-0.4, -0.2) is 27.7 Å². The van der Waals surface area contributed by atoms with E-state index in [9.17, 15) is 15.2 Å². The van der Waals surface area contributed by atoms with Crippen LogP contribution in [0.5, 0.6) is 0 Å². The third-order valence-electron chi connectivity index (χ3n) is 4.20. The van der Waals surface area contributed by atoms with Crippen molar-refractivity contribution in [3.63, 3.8) is 0 Å². The molecular weight excluding hydrogens is 354 g/mol. The van der Waals surface area contributed by atoms with Gasteiger partial charge in [-0.25, -0.2) is 9.78 Å². The van der Waals surface area contributed by atoms with Crippen molar-refractivity contribution >= 4 is 22.6 Å². The summed E-state index contributed by atoms with van der Waals surface area (Å²) in [6, 6.07) is 16.4. The molecular formula is C22H21N3O3. The number of nitrogens with zero attached hydrogens (tertiary/aromatic N) is 2. The van der Waals surface area contributed by atoms with E-state index in [-0.39, 0.29) is 17.2 Å². The van der Waals surface area contributed by atoms with Gasteiger partial charge in [-0.15, -0.1) is 0 Å². The van der Waals surface area contributed by atoms with Crippen LogP contribution >= 0.6 is 0 Å². The number of allylic oxidation sites excluding steroid dienone is 1. The van der Waals surface area contributed by atoms with Gasteiger partial charge >= 0.3 is 5.97 Å². The van der Waals surface area contributed by atoms with Gasteiger partial charge in [0.15, 0.2) is 11.6 Å². The zero-order valence-electron chi connectivity index (χ0n) is 15.8. The molecule has 6 heteroatoms. The first kappa shape index (κ1) is 19.2. The highest BCUT2D eigenvalue weighted by molar-refractivity contribution is 5.89. The highest BCUT2D eigenvalue weighted by Gasteiger charge is 2.15. The van der Waals surface area contributed by atoms with E-state index >= 15 is 0 Å². The zero-order valence-corrected chi connectivity index (χ0v) is 15.8. The molecule has 6 nitrogen and oxygen atoms in total. The minimum absolute atomic E-state index is 0.0590. The molecule has 0 aliphatic carbocycles. The second-order valence-electron chi connectivity index (χ2n) is 6.91. The molecule has 0 aliphatic rings. The number of H-pyrrole nitrogens is 1. The molecule has 0 atom stereocenters. The summed E-state index contributed by atoms with van der Waals surface area (Å²) in [4.78, 5) is 19.5. The topological polar surface area (TPSA) is 99.0 Å². The average Bonchev–Trinajstić information content (AvgIpc) is 3.10. The van der Waals surface area contributed by atoms with Crippen LogP contribution in [-0.2, 0) is 11.2 Å². The van der Waals surface area contributed by atoms with Crippen molar-refractivity contribution < 1.29 is 14.6 Å². The predicted octanol–water partition coefficient (Wildman–Crippen LogP) is 4.41. The lowest BCUT2D eigenvalue weighted by atomic mass is 10.0. The van der Waals surface area contributed by atoms with Crippen LogP contribution < -0.4 is 0 Å². The summed E-state index contributed by atoms with van der Waals surface area (Å²) >= 11 is 0. The van der Waals surface area contributed by atoms with Crippen molar-refractivity contribution in [2.75, 3.05) is 6.61 Å². The number of nitrogens with one attached hydrogen (secondary N) is 1. The zero-order chi connectivity index (χ0) is 20.1. The fraction of sp³-hybridized carbons (Fsp3) is 0.227. The SMILES string of the molecule is CC(C)Cc1ccc(C(=O)OC/C(O)=C(\C#N)c2nc3ccccc3[nH]2)cc1. The Morgan fingerprint density at radius 1 is 1.21 bits per heavy atom. The third-order valence-corrected chi connectivity index (χ3v) is 4.20. The van der Waals surface area contributed by atoms with E-state index in [4.69, 9.17) is 4.74 Å². The molecule has 0 unspecified atom stereocenters. The van der Waals surface area contributed by atoms with Crippen LogP contribution in [0.2, 0.25) is 0 Å². The first-order valence-corrected chi connectivity index (χ1v) is 9.01. The summed E-state index contributed by atoms with van der Waals surface area (Å²) in [5, 5.41) is 19.6. The predicted molar refractivity (Wildman–Crippen MR) is 107 cm³/mol. The van der Waals surface area contributed by atoms with E-state index in [1.165, 1.54) is 0 Å². The molecule has 0 saturated heterocycles. The molecule has 142 valence electrons. The Morgan fingerprint density at radius 3 is 2.57 bits per heavy atom. The fourth-order valence-corrected chi connectivity index (χ4v) is 2.86. The van der Waals surface area contributed by atoms with Gasteiger partial charge in [-0.05, 0) is 42.2 Å². The van der Waals surface area contributed by atoms with Gasteiger partial charge in [-0.2, -0.15) is 5.26 Å². The molecule has 3 rings (SSSR count). The van der Waals surface area contributed by atoms with Gasteiger partial charge in [-0.3, -0.25) is 0 Å². The molecule has 28 heavy (non-hydrogen) atoms. The number of fused-ring (bicyclic) bond motifs is 1. The normalized spacial score (nSPS) is 11.9. The number of imidazole rings is 1. The number of esters is 1. The number of hydrogen-bond acceptors (Lipinski definition) is 5. The molecule has 0 fully saturated rings. The van der Waals surface area contributed by atoms with E-state index in [2.05, 4.69) is 23.8 Å². The number of benzene rings is 2. The maximum Gasteiger partial charge on any atom is 0.338 e. The van der Waals surface area contributed by atoms with Crippen molar-refractivity contribution in [2.45, 2.75) is 20.3 Å². The maximum absolute atomic E-state index is 12.2. The highest BCUT2D eigenvalue weighted by atomic mass is 16.5. The van der Waals surface area contributed by atoms with E-state index in [0.29, 0.717) is 17.0 Å². The van der Waals surface area contributed by atoms with E-state index in [1.54, 1.807) is 18.2 Å². The molecule has 0 saturated carbocycles. The molecule has 0 spiro atoms. The molecule has 1 heterocycles. The van der Waals surface area contributed by atoms with Crippen LogP contribution in [0.3, 0.4) is 0 Å². The van der Waals surface area contributed by atoms with Gasteiger partial charge < -0.3 is 14.8 Å².